The van der Waals surface area contributed by atoms with E-state index in [0.717, 1.165) is 10.9 Å². The molecule has 17 heavy (non-hydrogen) atoms. The molecule has 0 radical (unpaired) electrons. The van der Waals surface area contributed by atoms with E-state index >= 15 is 0 Å². The summed E-state index contributed by atoms with van der Waals surface area (Å²) >= 11 is 2.04. The molecule has 1 saturated heterocycles. The zero-order valence-corrected chi connectivity index (χ0v) is 10.4. The lowest BCUT2D eigenvalue weighted by atomic mass is 9.94. The lowest BCUT2D eigenvalue weighted by molar-refractivity contribution is 0.476. The zero-order valence-electron chi connectivity index (χ0n) is 9.60. The molecular formula is C14H15NOS. The van der Waals surface area contributed by atoms with Crippen LogP contribution in [0.2, 0.25) is 0 Å². The third-order valence-corrected chi connectivity index (χ3v) is 4.43. The predicted octanol–water partition coefficient (Wildman–Crippen LogP) is 3.55. The summed E-state index contributed by atoms with van der Waals surface area (Å²) in [7, 11) is 0. The number of aromatic hydroxyl groups is 1. The first kappa shape index (κ1) is 10.9. The Bertz CT molecular complexity index is 535. The van der Waals surface area contributed by atoms with Gasteiger partial charge >= 0.3 is 0 Å². The Balaban J connectivity index is 1.99. The Labute approximate surface area is 105 Å². The lowest BCUT2D eigenvalue weighted by Gasteiger charge is -2.21. The molecule has 3 rings (SSSR count). The molecule has 1 fully saturated rings. The van der Waals surface area contributed by atoms with Gasteiger partial charge in [0.2, 0.25) is 0 Å². The number of fused-ring (bicyclic) bond motifs is 1. The fourth-order valence-electron chi connectivity index (χ4n) is 2.39. The molecule has 1 aliphatic heterocycles. The van der Waals surface area contributed by atoms with Crippen LogP contribution in [0.4, 0.5) is 0 Å². The Hall–Kier alpha value is -1.22. The highest BCUT2D eigenvalue weighted by Crippen LogP contribution is 2.32. The molecule has 0 atom stereocenters. The fourth-order valence-corrected chi connectivity index (χ4v) is 3.50. The van der Waals surface area contributed by atoms with Gasteiger partial charge in [0, 0.05) is 11.6 Å². The second-order valence-corrected chi connectivity index (χ2v) is 5.76. The number of rotatable bonds is 1. The van der Waals surface area contributed by atoms with Crippen LogP contribution >= 0.6 is 11.8 Å². The molecule has 2 aromatic rings. The molecule has 1 aliphatic rings. The molecule has 1 N–H and O–H groups in total. The Kier molecular flexibility index (Phi) is 2.93. The van der Waals surface area contributed by atoms with Crippen molar-refractivity contribution < 1.29 is 5.11 Å². The minimum absolute atomic E-state index is 0.315. The number of nitrogens with zero attached hydrogens (tertiary/aromatic N) is 1. The molecule has 0 aliphatic carbocycles. The number of aromatic nitrogens is 1. The van der Waals surface area contributed by atoms with Crippen LogP contribution in [0, 0.1) is 0 Å². The molecule has 1 aromatic carbocycles. The summed E-state index contributed by atoms with van der Waals surface area (Å²) in [6.45, 7) is 0. The van der Waals surface area contributed by atoms with Crippen LogP contribution in [0.25, 0.3) is 10.9 Å². The number of hydrogen-bond acceptors (Lipinski definition) is 3. The Morgan fingerprint density at radius 1 is 1.18 bits per heavy atom. The zero-order chi connectivity index (χ0) is 11.7. The maximum absolute atomic E-state index is 9.50. The lowest BCUT2D eigenvalue weighted by Crippen LogP contribution is -2.08. The van der Waals surface area contributed by atoms with E-state index in [-0.39, 0.29) is 0 Å². The summed E-state index contributed by atoms with van der Waals surface area (Å²) in [5.41, 5.74) is 2.28. The van der Waals surface area contributed by atoms with Crippen LogP contribution < -0.4 is 0 Å². The number of hydrogen-bond donors (Lipinski definition) is 1. The van der Waals surface area contributed by atoms with Crippen molar-refractivity contribution in [3.8, 4) is 5.75 Å². The standard InChI is InChI=1S/C14H15NOS/c16-13-1-2-14-11(8-13)7-12(9-15-14)10-3-5-17-6-4-10/h1-2,7-10,16H,3-6H2. The third-order valence-electron chi connectivity index (χ3n) is 3.38. The smallest absolute Gasteiger partial charge is 0.116 e. The summed E-state index contributed by atoms with van der Waals surface area (Å²) in [6, 6.07) is 7.53. The summed E-state index contributed by atoms with van der Waals surface area (Å²) in [4.78, 5) is 4.48. The van der Waals surface area contributed by atoms with E-state index < -0.39 is 0 Å². The van der Waals surface area contributed by atoms with E-state index in [1.807, 2.05) is 24.0 Å². The van der Waals surface area contributed by atoms with E-state index in [4.69, 9.17) is 0 Å². The largest absolute Gasteiger partial charge is 0.508 e. The van der Waals surface area contributed by atoms with Crippen molar-refractivity contribution in [2.24, 2.45) is 0 Å². The van der Waals surface area contributed by atoms with Gasteiger partial charge in [0.25, 0.3) is 0 Å². The van der Waals surface area contributed by atoms with Gasteiger partial charge in [-0.1, -0.05) is 0 Å². The van der Waals surface area contributed by atoms with Gasteiger partial charge in [-0.2, -0.15) is 11.8 Å². The van der Waals surface area contributed by atoms with Gasteiger partial charge in [0.15, 0.2) is 0 Å². The number of benzene rings is 1. The second kappa shape index (κ2) is 4.57. The van der Waals surface area contributed by atoms with Crippen molar-refractivity contribution in [3.63, 3.8) is 0 Å². The normalized spacial score (nSPS) is 17.4. The molecule has 2 nitrogen and oxygen atoms in total. The van der Waals surface area contributed by atoms with Crippen LogP contribution in [0.15, 0.2) is 30.5 Å². The molecule has 2 heterocycles. The minimum atomic E-state index is 0.315. The molecule has 0 amide bonds. The van der Waals surface area contributed by atoms with E-state index in [1.54, 1.807) is 12.1 Å². The van der Waals surface area contributed by atoms with Crippen LogP contribution in [-0.2, 0) is 0 Å². The predicted molar refractivity (Wildman–Crippen MR) is 72.7 cm³/mol. The molecule has 0 spiro atoms. The molecule has 3 heteroatoms. The van der Waals surface area contributed by atoms with E-state index in [9.17, 15) is 5.11 Å². The molecular weight excluding hydrogens is 230 g/mol. The first-order valence-corrected chi connectivity index (χ1v) is 7.15. The minimum Gasteiger partial charge on any atom is -0.508 e. The number of pyridine rings is 1. The first-order valence-electron chi connectivity index (χ1n) is 5.99. The molecule has 0 unspecified atom stereocenters. The van der Waals surface area contributed by atoms with Gasteiger partial charge < -0.3 is 5.11 Å². The van der Waals surface area contributed by atoms with Crippen LogP contribution in [0.1, 0.15) is 24.3 Å². The van der Waals surface area contributed by atoms with Crippen molar-refractivity contribution in [1.29, 1.82) is 0 Å². The van der Waals surface area contributed by atoms with Crippen LogP contribution in [-0.4, -0.2) is 21.6 Å². The van der Waals surface area contributed by atoms with Gasteiger partial charge in [0.05, 0.1) is 5.52 Å². The Morgan fingerprint density at radius 2 is 2.00 bits per heavy atom. The van der Waals surface area contributed by atoms with Gasteiger partial charge in [-0.3, -0.25) is 4.98 Å². The highest BCUT2D eigenvalue weighted by Gasteiger charge is 2.16. The maximum atomic E-state index is 9.50. The summed E-state index contributed by atoms with van der Waals surface area (Å²) in [6.07, 6.45) is 4.49. The quantitative estimate of drug-likeness (QED) is 0.834. The maximum Gasteiger partial charge on any atom is 0.116 e. The monoisotopic (exact) mass is 245 g/mol. The van der Waals surface area contributed by atoms with E-state index in [0.29, 0.717) is 11.7 Å². The van der Waals surface area contributed by atoms with E-state index in [1.165, 1.54) is 29.9 Å². The number of phenols is 1. The van der Waals surface area contributed by atoms with Gasteiger partial charge in [-0.05, 0) is 60.1 Å². The SMILES string of the molecule is Oc1ccc2ncc(C3CCSCC3)cc2c1. The average molecular weight is 245 g/mol. The molecule has 88 valence electrons. The Morgan fingerprint density at radius 3 is 2.82 bits per heavy atom. The summed E-state index contributed by atoms with van der Waals surface area (Å²) in [5, 5.41) is 10.5. The van der Waals surface area contributed by atoms with Gasteiger partial charge in [-0.15, -0.1) is 0 Å². The van der Waals surface area contributed by atoms with Crippen molar-refractivity contribution in [1.82, 2.24) is 4.98 Å². The molecule has 0 bridgehead atoms. The average Bonchev–Trinajstić information content (AvgIpc) is 2.39. The van der Waals surface area contributed by atoms with Crippen molar-refractivity contribution in [2.75, 3.05) is 11.5 Å². The van der Waals surface area contributed by atoms with Gasteiger partial charge in [0.1, 0.15) is 5.75 Å². The first-order chi connectivity index (χ1) is 8.33. The topological polar surface area (TPSA) is 33.1 Å². The number of thioether (sulfide) groups is 1. The van der Waals surface area contributed by atoms with E-state index in [2.05, 4.69) is 11.1 Å². The van der Waals surface area contributed by atoms with Crippen LogP contribution in [0.5, 0.6) is 5.75 Å². The van der Waals surface area contributed by atoms with Crippen molar-refractivity contribution in [3.05, 3.63) is 36.0 Å². The fraction of sp³-hybridized carbons (Fsp3) is 0.357. The summed E-state index contributed by atoms with van der Waals surface area (Å²) < 4.78 is 0. The molecule has 0 saturated carbocycles. The third kappa shape index (κ3) is 2.25. The van der Waals surface area contributed by atoms with Crippen molar-refractivity contribution >= 4 is 22.7 Å². The van der Waals surface area contributed by atoms with Crippen LogP contribution in [0.3, 0.4) is 0 Å². The van der Waals surface area contributed by atoms with Gasteiger partial charge in [-0.25, -0.2) is 0 Å². The number of phenolic OH excluding ortho intramolecular Hbond substituents is 1. The summed E-state index contributed by atoms with van der Waals surface area (Å²) in [5.74, 6) is 3.47. The second-order valence-electron chi connectivity index (χ2n) is 4.53. The molecule has 1 aromatic heterocycles. The highest BCUT2D eigenvalue weighted by molar-refractivity contribution is 7.99. The highest BCUT2D eigenvalue weighted by atomic mass is 32.2. The van der Waals surface area contributed by atoms with Crippen molar-refractivity contribution in [2.45, 2.75) is 18.8 Å².